The van der Waals surface area contributed by atoms with Gasteiger partial charge in [0, 0.05) is 28.6 Å². The largest absolute Gasteiger partial charge is 0.376 e. The summed E-state index contributed by atoms with van der Waals surface area (Å²) in [5.74, 6) is 0. The van der Waals surface area contributed by atoms with Gasteiger partial charge < -0.3 is 4.74 Å². The van der Waals surface area contributed by atoms with Gasteiger partial charge in [-0.3, -0.25) is 15.1 Å². The fraction of sp³-hybridized carbons (Fsp3) is 0.238. The summed E-state index contributed by atoms with van der Waals surface area (Å²) < 4.78 is 7.37. The molecule has 0 saturated carbocycles. The molecule has 0 amide bonds. The highest BCUT2D eigenvalue weighted by molar-refractivity contribution is 7.07. The third kappa shape index (κ3) is 4.67. The quantitative estimate of drug-likeness (QED) is 0.314. The number of ether oxygens (including phenoxy) is 1. The first-order valence-corrected chi connectivity index (χ1v) is 10.7. The van der Waals surface area contributed by atoms with Gasteiger partial charge in [-0.1, -0.05) is 35.9 Å². The van der Waals surface area contributed by atoms with Gasteiger partial charge in [0.25, 0.3) is 5.69 Å². The minimum atomic E-state index is -0.414. The lowest BCUT2D eigenvalue weighted by Gasteiger charge is -2.06. The fourth-order valence-corrected chi connectivity index (χ4v) is 4.16. The Labute approximate surface area is 182 Å². The highest BCUT2D eigenvalue weighted by atomic mass is 35.5. The fourth-order valence-electron chi connectivity index (χ4n) is 3.19. The number of nitrogens with zero attached hydrogens (tertiary/aromatic N) is 4. The van der Waals surface area contributed by atoms with Crippen LogP contribution in [0.15, 0.2) is 64.0 Å². The van der Waals surface area contributed by atoms with Crippen molar-refractivity contribution in [1.29, 1.82) is 0 Å². The van der Waals surface area contributed by atoms with Crippen molar-refractivity contribution in [1.82, 2.24) is 4.68 Å². The van der Waals surface area contributed by atoms with Crippen molar-refractivity contribution in [3.05, 3.63) is 79.4 Å². The number of benzene rings is 2. The lowest BCUT2D eigenvalue weighted by Crippen LogP contribution is -2.17. The molecule has 1 aliphatic rings. The molecule has 2 heterocycles. The van der Waals surface area contributed by atoms with Gasteiger partial charge in [-0.2, -0.15) is 5.10 Å². The van der Waals surface area contributed by atoms with Crippen LogP contribution in [-0.4, -0.2) is 35.1 Å². The van der Waals surface area contributed by atoms with Gasteiger partial charge in [0.05, 0.1) is 35.0 Å². The van der Waals surface area contributed by atoms with Crippen LogP contribution in [0.4, 0.5) is 5.69 Å². The zero-order valence-corrected chi connectivity index (χ0v) is 17.6. The third-order valence-electron chi connectivity index (χ3n) is 4.73. The Balaban J connectivity index is 1.75. The van der Waals surface area contributed by atoms with Crippen LogP contribution in [0.25, 0.3) is 11.3 Å². The summed E-state index contributed by atoms with van der Waals surface area (Å²) in [6, 6.07) is 13.9. The predicted octanol–water partition coefficient (Wildman–Crippen LogP) is 4.74. The molecule has 0 unspecified atom stereocenters. The van der Waals surface area contributed by atoms with Crippen molar-refractivity contribution >= 4 is 34.8 Å². The second-order valence-electron chi connectivity index (χ2n) is 6.76. The average molecular weight is 443 g/mol. The lowest BCUT2D eigenvalue weighted by molar-refractivity contribution is -0.385. The van der Waals surface area contributed by atoms with E-state index in [1.807, 2.05) is 29.6 Å². The highest BCUT2D eigenvalue weighted by Gasteiger charge is 2.15. The smallest absolute Gasteiger partial charge is 0.278 e. The third-order valence-corrected chi connectivity index (χ3v) is 5.83. The van der Waals surface area contributed by atoms with Crippen molar-refractivity contribution in [3.63, 3.8) is 0 Å². The van der Waals surface area contributed by atoms with Crippen LogP contribution in [0.3, 0.4) is 0 Å². The molecule has 1 aliphatic heterocycles. The number of para-hydroxylation sites is 1. The van der Waals surface area contributed by atoms with E-state index in [1.54, 1.807) is 22.9 Å². The zero-order valence-electron chi connectivity index (χ0n) is 16.0. The average Bonchev–Trinajstić information content (AvgIpc) is 3.41. The van der Waals surface area contributed by atoms with Crippen molar-refractivity contribution in [3.8, 4) is 11.3 Å². The molecule has 0 bridgehead atoms. The number of hydrogen-bond donors (Lipinski definition) is 0. The van der Waals surface area contributed by atoms with Crippen molar-refractivity contribution in [2.45, 2.75) is 18.9 Å². The van der Waals surface area contributed by atoms with Gasteiger partial charge >= 0.3 is 0 Å². The standard InChI is InChI=1S/C21H19ClN4O3S/c22-17-9-7-15(8-10-17)20-14-30-21(23-13-18-5-3-11-29-18)25(20)24-12-16-4-1-2-6-19(16)26(27)28/h1-2,4,6-10,12,14,18H,3,5,11,13H2/b23-21?,24-12-/t18-/m1/s1. The number of halogens is 1. The molecule has 154 valence electrons. The monoisotopic (exact) mass is 442 g/mol. The first-order valence-electron chi connectivity index (χ1n) is 9.48. The maximum atomic E-state index is 11.3. The summed E-state index contributed by atoms with van der Waals surface area (Å²) in [5, 5.41) is 18.5. The van der Waals surface area contributed by atoms with E-state index in [-0.39, 0.29) is 11.8 Å². The maximum Gasteiger partial charge on any atom is 0.278 e. The van der Waals surface area contributed by atoms with E-state index in [2.05, 4.69) is 5.10 Å². The molecule has 0 N–H and O–H groups in total. The predicted molar refractivity (Wildman–Crippen MR) is 118 cm³/mol. The number of nitro groups is 1. The zero-order chi connectivity index (χ0) is 20.9. The molecule has 0 radical (unpaired) electrons. The number of thiazole rings is 1. The van der Waals surface area contributed by atoms with Crippen LogP contribution >= 0.6 is 22.9 Å². The van der Waals surface area contributed by atoms with Gasteiger partial charge in [-0.05, 0) is 31.0 Å². The van der Waals surface area contributed by atoms with Gasteiger partial charge in [-0.15, -0.1) is 11.3 Å². The van der Waals surface area contributed by atoms with Crippen molar-refractivity contribution in [2.75, 3.05) is 13.2 Å². The molecule has 0 aliphatic carbocycles. The topological polar surface area (TPSA) is 82.0 Å². The van der Waals surface area contributed by atoms with Crippen LogP contribution in [0, 0.1) is 10.1 Å². The summed E-state index contributed by atoms with van der Waals surface area (Å²) in [7, 11) is 0. The Hall–Kier alpha value is -2.81. The Morgan fingerprint density at radius 3 is 2.80 bits per heavy atom. The summed E-state index contributed by atoms with van der Waals surface area (Å²) in [6.45, 7) is 1.33. The molecular weight excluding hydrogens is 424 g/mol. The molecule has 1 fully saturated rings. The van der Waals surface area contributed by atoms with Gasteiger partial charge in [0.2, 0.25) is 4.80 Å². The van der Waals surface area contributed by atoms with E-state index >= 15 is 0 Å². The summed E-state index contributed by atoms with van der Waals surface area (Å²) in [4.78, 5) is 16.3. The number of nitro benzene ring substituents is 1. The molecule has 0 spiro atoms. The highest BCUT2D eigenvalue weighted by Crippen LogP contribution is 2.23. The molecule has 4 rings (SSSR count). The molecule has 9 heteroatoms. The second kappa shape index (κ2) is 9.34. The van der Waals surface area contributed by atoms with E-state index in [0.717, 1.165) is 30.7 Å². The molecule has 7 nitrogen and oxygen atoms in total. The number of rotatable bonds is 6. The summed E-state index contributed by atoms with van der Waals surface area (Å²) >= 11 is 7.49. The molecule has 1 aromatic heterocycles. The summed E-state index contributed by atoms with van der Waals surface area (Å²) in [5.41, 5.74) is 2.18. The molecule has 1 saturated heterocycles. The first kappa shape index (κ1) is 20.5. The molecular formula is C21H19ClN4O3S. The molecule has 2 aromatic carbocycles. The van der Waals surface area contributed by atoms with Crippen LogP contribution in [-0.2, 0) is 4.74 Å². The van der Waals surface area contributed by atoms with E-state index < -0.39 is 4.92 Å². The normalized spacial score (nSPS) is 17.1. The van der Waals surface area contributed by atoms with E-state index in [4.69, 9.17) is 21.3 Å². The van der Waals surface area contributed by atoms with E-state index in [9.17, 15) is 10.1 Å². The Morgan fingerprint density at radius 2 is 2.07 bits per heavy atom. The van der Waals surface area contributed by atoms with E-state index in [0.29, 0.717) is 21.9 Å². The molecule has 3 aromatic rings. The Morgan fingerprint density at radius 1 is 1.27 bits per heavy atom. The van der Waals surface area contributed by atoms with Crippen molar-refractivity contribution < 1.29 is 9.66 Å². The Bertz CT molecular complexity index is 1130. The number of hydrogen-bond acceptors (Lipinski definition) is 6. The Kier molecular flexibility index (Phi) is 6.37. The minimum absolute atomic E-state index is 0.00275. The van der Waals surface area contributed by atoms with Gasteiger partial charge in [0.1, 0.15) is 0 Å². The van der Waals surface area contributed by atoms with Crippen molar-refractivity contribution in [2.24, 2.45) is 10.1 Å². The van der Waals surface area contributed by atoms with Crippen LogP contribution < -0.4 is 4.80 Å². The van der Waals surface area contributed by atoms with Crippen LogP contribution in [0.2, 0.25) is 5.02 Å². The maximum absolute atomic E-state index is 11.3. The van der Waals surface area contributed by atoms with Crippen LogP contribution in [0.5, 0.6) is 0 Å². The SMILES string of the molecule is O=[N+]([O-])c1ccccc1/C=N\n1c(-c2ccc(Cl)cc2)csc1=NC[C@H]1CCCO1. The van der Waals surface area contributed by atoms with Gasteiger partial charge in [-0.25, -0.2) is 4.68 Å². The molecule has 30 heavy (non-hydrogen) atoms. The minimum Gasteiger partial charge on any atom is -0.376 e. The second-order valence-corrected chi connectivity index (χ2v) is 8.03. The molecule has 1 atom stereocenters. The lowest BCUT2D eigenvalue weighted by atomic mass is 10.2. The first-order chi connectivity index (χ1) is 14.6. The van der Waals surface area contributed by atoms with Crippen LogP contribution in [0.1, 0.15) is 18.4 Å². The van der Waals surface area contributed by atoms with E-state index in [1.165, 1.54) is 23.6 Å². The number of aromatic nitrogens is 1. The van der Waals surface area contributed by atoms with Gasteiger partial charge in [0.15, 0.2) is 0 Å². The summed E-state index contributed by atoms with van der Waals surface area (Å²) in [6.07, 6.45) is 3.67.